The van der Waals surface area contributed by atoms with Crippen molar-refractivity contribution in [3.8, 4) is 0 Å². The predicted octanol–water partition coefficient (Wildman–Crippen LogP) is 4.26. The summed E-state index contributed by atoms with van der Waals surface area (Å²) in [5.74, 6) is -1.89. The molecule has 0 radical (unpaired) electrons. The van der Waals surface area contributed by atoms with Crippen LogP contribution in [0.25, 0.3) is 0 Å². The van der Waals surface area contributed by atoms with Gasteiger partial charge >= 0.3 is 12.1 Å². The number of carbonyl (C=O) groups excluding carboxylic acids is 1. The number of amides is 1. The minimum Gasteiger partial charge on any atom is -0.395 e. The van der Waals surface area contributed by atoms with E-state index in [4.69, 9.17) is 4.42 Å². The highest BCUT2D eigenvalue weighted by molar-refractivity contribution is 7.92. The van der Waals surface area contributed by atoms with Crippen molar-refractivity contribution >= 4 is 33.2 Å². The molecule has 0 aliphatic rings. The Kier molecular flexibility index (Phi) is 5.71. The number of furan rings is 1. The third-order valence-corrected chi connectivity index (χ3v) is 5.22. The fourth-order valence-electron chi connectivity index (χ4n) is 2.45. The van der Waals surface area contributed by atoms with E-state index < -0.39 is 38.5 Å². The molecule has 0 saturated carbocycles. The number of nitro groups is 1. The second-order valence-electron chi connectivity index (χ2n) is 6.06. The maximum atomic E-state index is 12.8. The van der Waals surface area contributed by atoms with E-state index >= 15 is 0 Å². The molecule has 3 aromatic rings. The van der Waals surface area contributed by atoms with Gasteiger partial charge in [-0.05, 0) is 42.5 Å². The number of hydrogen-bond donors (Lipinski definition) is 2. The molecular weight excluding hydrogens is 443 g/mol. The van der Waals surface area contributed by atoms with Crippen LogP contribution in [0.2, 0.25) is 0 Å². The monoisotopic (exact) mass is 455 g/mol. The molecule has 162 valence electrons. The van der Waals surface area contributed by atoms with Crippen molar-refractivity contribution in [3.05, 3.63) is 82.1 Å². The summed E-state index contributed by atoms with van der Waals surface area (Å²) in [5, 5.41) is 12.9. The summed E-state index contributed by atoms with van der Waals surface area (Å²) in [4.78, 5) is 21.6. The average molecular weight is 455 g/mol. The molecule has 0 unspecified atom stereocenters. The summed E-state index contributed by atoms with van der Waals surface area (Å²) in [6.45, 7) is 0. The summed E-state index contributed by atoms with van der Waals surface area (Å²) in [6.07, 6.45) is -4.65. The van der Waals surface area contributed by atoms with E-state index in [2.05, 4.69) is 5.32 Å². The lowest BCUT2D eigenvalue weighted by atomic mass is 10.2. The number of halogens is 3. The molecule has 0 aliphatic carbocycles. The molecule has 0 saturated heterocycles. The molecule has 1 aromatic heterocycles. The quantitative estimate of drug-likeness (QED) is 0.422. The normalized spacial score (nSPS) is 11.7. The second-order valence-corrected chi connectivity index (χ2v) is 7.74. The van der Waals surface area contributed by atoms with Crippen molar-refractivity contribution in [1.82, 2.24) is 0 Å². The van der Waals surface area contributed by atoms with Crippen LogP contribution in [-0.4, -0.2) is 19.2 Å². The van der Waals surface area contributed by atoms with Crippen molar-refractivity contribution in [2.24, 2.45) is 0 Å². The van der Waals surface area contributed by atoms with Crippen LogP contribution in [0.3, 0.4) is 0 Å². The van der Waals surface area contributed by atoms with Crippen LogP contribution < -0.4 is 10.0 Å². The van der Waals surface area contributed by atoms with Gasteiger partial charge in [0.1, 0.15) is 4.92 Å². The van der Waals surface area contributed by atoms with Crippen molar-refractivity contribution in [3.63, 3.8) is 0 Å². The Morgan fingerprint density at radius 2 is 1.68 bits per heavy atom. The van der Waals surface area contributed by atoms with Crippen molar-refractivity contribution < 1.29 is 35.7 Å². The molecule has 9 nitrogen and oxygen atoms in total. The summed E-state index contributed by atoms with van der Waals surface area (Å²) in [7, 11) is -4.29. The smallest absolute Gasteiger partial charge is 0.395 e. The topological polar surface area (TPSA) is 132 Å². The number of nitrogens with zero attached hydrogens (tertiary/aromatic N) is 1. The Balaban J connectivity index is 1.80. The summed E-state index contributed by atoms with van der Waals surface area (Å²) < 4.78 is 70.4. The number of hydrogen-bond acceptors (Lipinski definition) is 6. The Bertz CT molecular complexity index is 1250. The molecule has 31 heavy (non-hydrogen) atoms. The van der Waals surface area contributed by atoms with E-state index in [1.54, 1.807) is 0 Å². The number of anilines is 2. The van der Waals surface area contributed by atoms with Gasteiger partial charge in [-0.3, -0.25) is 19.6 Å². The van der Waals surface area contributed by atoms with E-state index in [0.717, 1.165) is 36.4 Å². The first-order valence-electron chi connectivity index (χ1n) is 8.31. The van der Waals surface area contributed by atoms with Gasteiger partial charge < -0.3 is 9.73 Å². The van der Waals surface area contributed by atoms with Gasteiger partial charge in [-0.1, -0.05) is 12.1 Å². The Labute approximate surface area is 172 Å². The zero-order chi connectivity index (χ0) is 22.8. The van der Waals surface area contributed by atoms with E-state index in [1.807, 2.05) is 4.72 Å². The average Bonchev–Trinajstić information content (AvgIpc) is 3.18. The number of sulfonamides is 1. The first-order valence-corrected chi connectivity index (χ1v) is 9.80. The van der Waals surface area contributed by atoms with E-state index in [9.17, 15) is 36.5 Å². The molecule has 2 N–H and O–H groups in total. The van der Waals surface area contributed by atoms with Crippen LogP contribution in [0.15, 0.2) is 70.0 Å². The third-order valence-electron chi connectivity index (χ3n) is 3.84. The van der Waals surface area contributed by atoms with Gasteiger partial charge in [0.2, 0.25) is 0 Å². The lowest BCUT2D eigenvalue weighted by Crippen LogP contribution is -2.15. The molecule has 0 bridgehead atoms. The van der Waals surface area contributed by atoms with Crippen LogP contribution in [0.1, 0.15) is 16.1 Å². The van der Waals surface area contributed by atoms with Gasteiger partial charge in [-0.15, -0.1) is 0 Å². The minimum absolute atomic E-state index is 0.0102. The first kappa shape index (κ1) is 21.8. The summed E-state index contributed by atoms with van der Waals surface area (Å²) >= 11 is 0. The van der Waals surface area contributed by atoms with Gasteiger partial charge in [0.15, 0.2) is 5.76 Å². The van der Waals surface area contributed by atoms with Crippen molar-refractivity contribution in [2.45, 2.75) is 11.1 Å². The van der Waals surface area contributed by atoms with E-state index in [1.165, 1.54) is 18.2 Å². The number of alkyl halides is 3. The number of benzene rings is 2. The summed E-state index contributed by atoms with van der Waals surface area (Å²) in [5.41, 5.74) is -1.32. The van der Waals surface area contributed by atoms with Gasteiger partial charge in [0.25, 0.3) is 15.9 Å². The molecule has 0 aliphatic heterocycles. The fraction of sp³-hybridized carbons (Fsp3) is 0.0556. The number of carbonyl (C=O) groups is 1. The fourth-order valence-corrected chi connectivity index (χ4v) is 3.55. The molecule has 1 amide bonds. The van der Waals surface area contributed by atoms with E-state index in [-0.39, 0.29) is 22.0 Å². The third kappa shape index (κ3) is 5.19. The maximum Gasteiger partial charge on any atom is 0.433 e. The number of nitrogens with one attached hydrogen (secondary N) is 2. The molecule has 13 heteroatoms. The van der Waals surface area contributed by atoms with Crippen LogP contribution in [0.4, 0.5) is 30.4 Å². The van der Waals surface area contributed by atoms with Gasteiger partial charge in [0, 0.05) is 11.4 Å². The van der Waals surface area contributed by atoms with Crippen LogP contribution in [-0.2, 0) is 16.2 Å². The molecule has 3 rings (SSSR count). The number of rotatable bonds is 6. The molecule has 1 heterocycles. The predicted molar refractivity (Wildman–Crippen MR) is 102 cm³/mol. The highest BCUT2D eigenvalue weighted by atomic mass is 32.2. The molecule has 2 aromatic carbocycles. The first-order chi connectivity index (χ1) is 14.5. The lowest BCUT2D eigenvalue weighted by Gasteiger charge is -2.12. The highest BCUT2D eigenvalue weighted by Crippen LogP contribution is 2.31. The minimum atomic E-state index is -4.65. The summed E-state index contributed by atoms with van der Waals surface area (Å²) in [6, 6.07) is 10.6. The SMILES string of the molecule is O=C(Nc1cccc(S(=O)(=O)Nc2cccc(C(F)(F)F)c2)c1)c1ccc([N+](=O)[O-])o1. The van der Waals surface area contributed by atoms with Crippen molar-refractivity contribution in [1.29, 1.82) is 0 Å². The molecule has 0 fully saturated rings. The lowest BCUT2D eigenvalue weighted by molar-refractivity contribution is -0.402. The second kappa shape index (κ2) is 8.10. The Hall–Kier alpha value is -3.87. The van der Waals surface area contributed by atoms with Crippen LogP contribution >= 0.6 is 0 Å². The van der Waals surface area contributed by atoms with Crippen molar-refractivity contribution in [2.75, 3.05) is 10.0 Å². The van der Waals surface area contributed by atoms with E-state index in [0.29, 0.717) is 6.07 Å². The van der Waals surface area contributed by atoms with Gasteiger partial charge in [-0.25, -0.2) is 8.42 Å². The zero-order valence-electron chi connectivity index (χ0n) is 15.2. The van der Waals surface area contributed by atoms with Gasteiger partial charge in [0.05, 0.1) is 16.5 Å². The Morgan fingerprint density at radius 3 is 2.32 bits per heavy atom. The largest absolute Gasteiger partial charge is 0.433 e. The highest BCUT2D eigenvalue weighted by Gasteiger charge is 2.30. The van der Waals surface area contributed by atoms with Gasteiger partial charge in [-0.2, -0.15) is 13.2 Å². The molecule has 0 spiro atoms. The van der Waals surface area contributed by atoms with Crippen LogP contribution in [0, 0.1) is 10.1 Å². The zero-order valence-corrected chi connectivity index (χ0v) is 16.0. The maximum absolute atomic E-state index is 12.8. The molecule has 0 atom stereocenters. The standard InChI is InChI=1S/C18H12F3N3O6S/c19-18(20,21)11-3-1-5-13(9-11)23-31(28,29)14-6-2-4-12(10-14)22-17(25)15-7-8-16(30-15)24(26)27/h1-10,23H,(H,22,25). The Morgan fingerprint density at radius 1 is 1.00 bits per heavy atom. The molecular formula is C18H12F3N3O6S. The van der Waals surface area contributed by atoms with Crippen LogP contribution in [0.5, 0.6) is 0 Å².